The van der Waals surface area contributed by atoms with Crippen LogP contribution in [-0.2, 0) is 5.41 Å². The van der Waals surface area contributed by atoms with E-state index in [1.54, 1.807) is 0 Å². The van der Waals surface area contributed by atoms with Crippen LogP contribution in [0.2, 0.25) is 0 Å². The summed E-state index contributed by atoms with van der Waals surface area (Å²) in [4.78, 5) is 0. The van der Waals surface area contributed by atoms with E-state index < -0.39 is 5.41 Å². The number of hydrogen-bond donors (Lipinski definition) is 0. The highest BCUT2D eigenvalue weighted by Gasteiger charge is 2.48. The van der Waals surface area contributed by atoms with Crippen molar-refractivity contribution in [2.24, 2.45) is 0 Å². The van der Waals surface area contributed by atoms with Gasteiger partial charge < -0.3 is 4.57 Å². The minimum absolute atomic E-state index is 0.532. The second kappa shape index (κ2) is 12.9. The molecule has 0 atom stereocenters. The maximum atomic E-state index is 2.50. The Morgan fingerprint density at radius 3 is 1.43 bits per heavy atom. The van der Waals surface area contributed by atoms with Crippen LogP contribution >= 0.6 is 0 Å². The summed E-state index contributed by atoms with van der Waals surface area (Å²) in [5.41, 5.74) is 13.9. The zero-order valence-electron chi connectivity index (χ0n) is 30.7. The Hall–Kier alpha value is -7.43. The molecule has 0 saturated heterocycles. The summed E-state index contributed by atoms with van der Waals surface area (Å²) in [6, 6.07) is 74.7. The van der Waals surface area contributed by atoms with Gasteiger partial charge in [0.2, 0.25) is 17.1 Å². The van der Waals surface area contributed by atoms with Gasteiger partial charge >= 0.3 is 19.0 Å². The minimum Gasteiger partial charge on any atom is -0.309 e. The van der Waals surface area contributed by atoms with E-state index in [4.69, 9.17) is 0 Å². The summed E-state index contributed by atoms with van der Waals surface area (Å²) >= 11 is 0. The fourth-order valence-electron chi connectivity index (χ4n) is 9.12. The van der Waals surface area contributed by atoms with E-state index >= 15 is 0 Å². The smallest absolute Gasteiger partial charge is 0.309 e. The highest BCUT2D eigenvalue weighted by molar-refractivity contribution is 6.13. The van der Waals surface area contributed by atoms with Crippen molar-refractivity contribution in [3.63, 3.8) is 0 Å². The molecule has 1 aliphatic carbocycles. The molecule has 0 fully saturated rings. The molecule has 4 heteroatoms. The lowest BCUT2D eigenvalue weighted by atomic mass is 9.67. The highest BCUT2D eigenvalue weighted by atomic mass is 15.2. The second-order valence-corrected chi connectivity index (χ2v) is 14.5. The highest BCUT2D eigenvalue weighted by Crippen LogP contribution is 2.59. The zero-order chi connectivity index (χ0) is 37.1. The van der Waals surface area contributed by atoms with Gasteiger partial charge in [0.25, 0.3) is 0 Å². The van der Waals surface area contributed by atoms with Crippen LogP contribution in [0.15, 0.2) is 225 Å². The fraction of sp³-hybridized carbons (Fsp3) is 0.0192. The molecule has 1 aliphatic rings. The molecule has 0 aliphatic heterocycles. The molecule has 2 heterocycles. The molecule has 262 valence electrons. The number of fused-ring (bicyclic) bond motifs is 7. The van der Waals surface area contributed by atoms with E-state index in [9.17, 15) is 0 Å². The maximum Gasteiger partial charge on any atom is 0.428 e. The van der Waals surface area contributed by atoms with Gasteiger partial charge in [-0.2, -0.15) is 0 Å². The van der Waals surface area contributed by atoms with Crippen molar-refractivity contribution >= 4 is 21.8 Å². The lowest BCUT2D eigenvalue weighted by Crippen LogP contribution is -2.55. The van der Waals surface area contributed by atoms with Crippen molar-refractivity contribution in [2.45, 2.75) is 5.41 Å². The molecule has 0 unspecified atom stereocenters. The first-order chi connectivity index (χ1) is 27.8. The summed E-state index contributed by atoms with van der Waals surface area (Å²) in [5.74, 6) is 0. The summed E-state index contributed by atoms with van der Waals surface area (Å²) in [6.07, 6.45) is 6.41. The van der Waals surface area contributed by atoms with Crippen LogP contribution in [-0.4, -0.2) is 4.57 Å². The number of aromatic nitrogens is 4. The predicted octanol–water partition coefficient (Wildman–Crippen LogP) is 9.98. The van der Waals surface area contributed by atoms with Crippen molar-refractivity contribution in [2.75, 3.05) is 0 Å². The molecule has 10 aromatic rings. The van der Waals surface area contributed by atoms with Crippen LogP contribution < -0.4 is 13.7 Å². The van der Waals surface area contributed by atoms with Gasteiger partial charge in [0.05, 0.1) is 16.4 Å². The Morgan fingerprint density at radius 2 is 0.839 bits per heavy atom. The minimum atomic E-state index is -0.532. The van der Waals surface area contributed by atoms with Crippen molar-refractivity contribution in [3.05, 3.63) is 247 Å². The Morgan fingerprint density at radius 1 is 0.357 bits per heavy atom. The molecule has 8 aromatic carbocycles. The molecule has 11 rings (SSSR count). The molecular formula is C52H37N4+3. The quantitative estimate of drug-likeness (QED) is 0.152. The monoisotopic (exact) mass is 717 g/mol. The average molecular weight is 718 g/mol. The fourth-order valence-corrected chi connectivity index (χ4v) is 9.12. The molecule has 0 radical (unpaired) electrons. The second-order valence-electron chi connectivity index (χ2n) is 14.5. The predicted molar refractivity (Wildman–Crippen MR) is 223 cm³/mol. The Labute approximate surface area is 325 Å². The molecule has 0 bridgehead atoms. The van der Waals surface area contributed by atoms with Crippen LogP contribution in [0.4, 0.5) is 0 Å². The van der Waals surface area contributed by atoms with Gasteiger partial charge in [0.15, 0.2) is 0 Å². The van der Waals surface area contributed by atoms with Crippen LogP contribution in [0.1, 0.15) is 22.3 Å². The third kappa shape index (κ3) is 4.83. The molecule has 0 spiro atoms. The van der Waals surface area contributed by atoms with Crippen LogP contribution in [0.25, 0.3) is 55.7 Å². The third-order valence-electron chi connectivity index (χ3n) is 11.5. The van der Waals surface area contributed by atoms with Gasteiger partial charge in [0, 0.05) is 58.4 Å². The van der Waals surface area contributed by atoms with Crippen molar-refractivity contribution in [1.82, 2.24) is 4.57 Å². The summed E-state index contributed by atoms with van der Waals surface area (Å²) in [7, 11) is 0. The average Bonchev–Trinajstić information content (AvgIpc) is 3.79. The summed E-state index contributed by atoms with van der Waals surface area (Å²) in [5, 5.41) is 2.49. The number of rotatable bonds is 6. The van der Waals surface area contributed by atoms with Gasteiger partial charge in [-0.25, -0.2) is 0 Å². The molecule has 56 heavy (non-hydrogen) atoms. The van der Waals surface area contributed by atoms with Gasteiger partial charge in [-0.05, 0) is 46.0 Å². The Bertz CT molecular complexity index is 2950. The van der Waals surface area contributed by atoms with Crippen molar-refractivity contribution in [3.8, 4) is 33.9 Å². The molecule has 0 saturated carbocycles. The zero-order valence-corrected chi connectivity index (χ0v) is 30.7. The lowest BCUT2D eigenvalue weighted by Gasteiger charge is -2.34. The largest absolute Gasteiger partial charge is 0.428 e. The van der Waals surface area contributed by atoms with Crippen molar-refractivity contribution < 1.29 is 13.7 Å². The van der Waals surface area contributed by atoms with Gasteiger partial charge in [0.1, 0.15) is 0 Å². The number of benzene rings is 8. The van der Waals surface area contributed by atoms with E-state index in [-0.39, 0.29) is 0 Å². The molecule has 4 nitrogen and oxygen atoms in total. The van der Waals surface area contributed by atoms with Crippen LogP contribution in [0.5, 0.6) is 0 Å². The number of para-hydroxylation sites is 3. The molecule has 2 aromatic heterocycles. The first-order valence-electron chi connectivity index (χ1n) is 19.2. The summed E-state index contributed by atoms with van der Waals surface area (Å²) < 4.78 is 9.03. The Balaban J connectivity index is 1.17. The first kappa shape index (κ1) is 32.0. The van der Waals surface area contributed by atoms with Crippen LogP contribution in [0, 0.1) is 0 Å². The number of nitrogens with zero attached hydrogens (tertiary/aromatic N) is 4. The summed E-state index contributed by atoms with van der Waals surface area (Å²) in [6.45, 7) is 0. The van der Waals surface area contributed by atoms with Crippen LogP contribution in [0.3, 0.4) is 0 Å². The normalized spacial score (nSPS) is 12.8. The standard InChI is InChI=1S/C52H37N4/c1-5-17-38(18-6-1)52(39-19-7-2-8-20-39)48-27-15-13-25-44(48)46-33-34-47-45-26-14-16-28-49(45)56(51(47)50(46)52)43-31-29-42(30-32-43)55-36-53(40-21-9-3-10-22-40)35-54(37-55)41-23-11-4-12-24-41/h1-37H/q+3. The van der Waals surface area contributed by atoms with Gasteiger partial charge in [-0.15, -0.1) is 0 Å². The number of hydrogen-bond acceptors (Lipinski definition) is 0. The van der Waals surface area contributed by atoms with E-state index in [2.05, 4.69) is 244 Å². The van der Waals surface area contributed by atoms with E-state index in [1.807, 2.05) is 0 Å². The first-order valence-corrected chi connectivity index (χ1v) is 19.2. The SMILES string of the molecule is c1ccc(-[n+]2c[n+](-c3ccccc3)c[n+](-c3ccc(-n4c5ccccc5c5ccc6c(c54)C(c4ccccc4)(c4ccccc4)c4ccccc4-6)cc3)c2)cc1. The molecule has 0 amide bonds. The maximum absolute atomic E-state index is 2.50. The lowest BCUT2D eigenvalue weighted by molar-refractivity contribution is -0.858. The molecular weight excluding hydrogens is 681 g/mol. The topological polar surface area (TPSA) is 16.6 Å². The van der Waals surface area contributed by atoms with E-state index in [0.717, 1.165) is 22.7 Å². The van der Waals surface area contributed by atoms with E-state index in [1.165, 1.54) is 55.2 Å². The molecule has 0 N–H and O–H groups in total. The van der Waals surface area contributed by atoms with Gasteiger partial charge in [-0.3, -0.25) is 0 Å². The van der Waals surface area contributed by atoms with Crippen molar-refractivity contribution in [1.29, 1.82) is 0 Å². The van der Waals surface area contributed by atoms with E-state index in [0.29, 0.717) is 0 Å². The third-order valence-corrected chi connectivity index (χ3v) is 11.5. The van der Waals surface area contributed by atoms with Gasteiger partial charge in [-0.1, -0.05) is 165 Å². The Kier molecular flexibility index (Phi) is 7.36.